The van der Waals surface area contributed by atoms with Crippen LogP contribution in [0.25, 0.3) is 0 Å². The van der Waals surface area contributed by atoms with E-state index < -0.39 is 4.84 Å². The molecule has 0 amide bonds. The molecule has 0 unspecified atom stereocenters. The zero-order valence-corrected chi connectivity index (χ0v) is 9.95. The minimum atomic E-state index is -0.583. The third kappa shape index (κ3) is 2.69. The summed E-state index contributed by atoms with van der Waals surface area (Å²) >= 11 is 11.7. The van der Waals surface area contributed by atoms with Crippen LogP contribution in [0.1, 0.15) is 10.4 Å². The first-order valence-electron chi connectivity index (χ1n) is 4.87. The number of rotatable bonds is 3. The molecule has 2 aromatic rings. The quantitative estimate of drug-likeness (QED) is 0.703. The van der Waals surface area contributed by atoms with Crippen LogP contribution in [0, 0.1) is 0 Å². The molecule has 0 spiro atoms. The number of alkyl halides is 2. The van der Waals surface area contributed by atoms with Crippen molar-refractivity contribution in [1.82, 2.24) is 0 Å². The van der Waals surface area contributed by atoms with Crippen molar-refractivity contribution in [1.29, 1.82) is 0 Å². The Morgan fingerprint density at radius 2 is 1.44 bits per heavy atom. The van der Waals surface area contributed by atoms with Gasteiger partial charge in [0, 0.05) is 5.56 Å². The van der Waals surface area contributed by atoms with Crippen LogP contribution in [0.4, 0.5) is 0 Å². The molecule has 0 fully saturated rings. The molecule has 3 heteroatoms. The Morgan fingerprint density at radius 1 is 0.812 bits per heavy atom. The Kier molecular flexibility index (Phi) is 3.70. The van der Waals surface area contributed by atoms with Gasteiger partial charge in [0.15, 0.2) is 0 Å². The topological polar surface area (TPSA) is 9.23 Å². The van der Waals surface area contributed by atoms with Crippen LogP contribution in [0.2, 0.25) is 0 Å². The second-order valence-electron chi connectivity index (χ2n) is 3.25. The molecule has 0 atom stereocenters. The van der Waals surface area contributed by atoms with Gasteiger partial charge in [0.2, 0.25) is 0 Å². The molecule has 2 aromatic carbocycles. The van der Waals surface area contributed by atoms with Crippen molar-refractivity contribution in [2.75, 3.05) is 0 Å². The van der Waals surface area contributed by atoms with E-state index in [-0.39, 0.29) is 0 Å². The Hall–Kier alpha value is -1.18. The maximum atomic E-state index is 5.86. The van der Waals surface area contributed by atoms with E-state index in [1.807, 2.05) is 54.6 Å². The van der Waals surface area contributed by atoms with E-state index in [2.05, 4.69) is 0 Å². The summed E-state index contributed by atoms with van der Waals surface area (Å²) in [5.41, 5.74) is 0.773. The van der Waals surface area contributed by atoms with Gasteiger partial charge in [-0.2, -0.15) is 0 Å². The zero-order valence-electron chi connectivity index (χ0n) is 8.44. The van der Waals surface area contributed by atoms with Crippen LogP contribution in [0.3, 0.4) is 0 Å². The molecule has 16 heavy (non-hydrogen) atoms. The molecule has 0 aromatic heterocycles. The molecule has 0 bridgehead atoms. The number of hydrogen-bond donors (Lipinski definition) is 0. The molecule has 0 N–H and O–H groups in total. The van der Waals surface area contributed by atoms with E-state index in [1.54, 1.807) is 0 Å². The van der Waals surface area contributed by atoms with E-state index in [1.165, 1.54) is 0 Å². The van der Waals surface area contributed by atoms with Crippen molar-refractivity contribution in [2.45, 2.75) is 4.84 Å². The van der Waals surface area contributed by atoms with Crippen LogP contribution < -0.4 is 4.74 Å². The summed E-state index contributed by atoms with van der Waals surface area (Å²) < 4.78 is 5.70. The summed E-state index contributed by atoms with van der Waals surface area (Å²) in [5.74, 6) is 1.45. The molecular weight excluding hydrogens is 243 g/mol. The van der Waals surface area contributed by atoms with Gasteiger partial charge in [-0.25, -0.2) is 0 Å². The molecule has 0 saturated heterocycles. The minimum Gasteiger partial charge on any atom is -0.457 e. The Bertz CT molecular complexity index is 454. The largest absolute Gasteiger partial charge is 0.457 e. The van der Waals surface area contributed by atoms with E-state index in [0.717, 1.165) is 11.3 Å². The van der Waals surface area contributed by atoms with Gasteiger partial charge >= 0.3 is 0 Å². The molecule has 0 heterocycles. The van der Waals surface area contributed by atoms with Crippen LogP contribution in [-0.2, 0) is 0 Å². The second-order valence-corrected chi connectivity index (χ2v) is 4.35. The summed E-state index contributed by atoms with van der Waals surface area (Å²) in [6.45, 7) is 0. The van der Waals surface area contributed by atoms with E-state index in [9.17, 15) is 0 Å². The minimum absolute atomic E-state index is 0.583. The molecule has 0 radical (unpaired) electrons. The lowest BCUT2D eigenvalue weighted by Gasteiger charge is -2.11. The van der Waals surface area contributed by atoms with Crippen molar-refractivity contribution in [3.05, 3.63) is 60.2 Å². The molecule has 0 aliphatic rings. The van der Waals surface area contributed by atoms with Gasteiger partial charge in [-0.05, 0) is 18.2 Å². The van der Waals surface area contributed by atoms with Crippen molar-refractivity contribution < 1.29 is 4.74 Å². The lowest BCUT2D eigenvalue weighted by Crippen LogP contribution is -1.90. The second kappa shape index (κ2) is 5.24. The molecule has 2 rings (SSSR count). The fourth-order valence-electron chi connectivity index (χ4n) is 1.37. The molecular formula is C13H10Cl2O. The number of halogens is 2. The summed E-state index contributed by atoms with van der Waals surface area (Å²) in [7, 11) is 0. The number of ether oxygens (including phenoxy) is 1. The van der Waals surface area contributed by atoms with Gasteiger partial charge in [0.25, 0.3) is 0 Å². The van der Waals surface area contributed by atoms with Crippen molar-refractivity contribution in [2.24, 2.45) is 0 Å². The Labute approximate surface area is 105 Å². The van der Waals surface area contributed by atoms with Crippen molar-refractivity contribution in [3.8, 4) is 11.5 Å². The average molecular weight is 253 g/mol. The maximum Gasteiger partial charge on any atom is 0.136 e. The Morgan fingerprint density at radius 3 is 2.12 bits per heavy atom. The lowest BCUT2D eigenvalue weighted by molar-refractivity contribution is 0.478. The average Bonchev–Trinajstić information content (AvgIpc) is 2.31. The summed E-state index contributed by atoms with van der Waals surface area (Å²) in [6.07, 6.45) is 0. The fourth-order valence-corrected chi connectivity index (χ4v) is 1.73. The normalized spacial score (nSPS) is 10.4. The van der Waals surface area contributed by atoms with Crippen LogP contribution in [0.15, 0.2) is 54.6 Å². The highest BCUT2D eigenvalue weighted by molar-refractivity contribution is 6.44. The standard InChI is InChI=1S/C13H10Cl2O/c14-13(15)11-8-4-5-9-12(11)16-10-6-2-1-3-7-10/h1-9,13H. The van der Waals surface area contributed by atoms with Gasteiger partial charge in [-0.15, -0.1) is 0 Å². The highest BCUT2D eigenvalue weighted by Crippen LogP contribution is 2.34. The van der Waals surface area contributed by atoms with Gasteiger partial charge in [-0.1, -0.05) is 59.6 Å². The van der Waals surface area contributed by atoms with Gasteiger partial charge in [-0.3, -0.25) is 0 Å². The summed E-state index contributed by atoms with van der Waals surface area (Å²) in [4.78, 5) is -0.583. The van der Waals surface area contributed by atoms with E-state index >= 15 is 0 Å². The molecule has 82 valence electrons. The number of hydrogen-bond acceptors (Lipinski definition) is 1. The zero-order chi connectivity index (χ0) is 11.4. The van der Waals surface area contributed by atoms with E-state index in [0.29, 0.717) is 5.75 Å². The number of benzene rings is 2. The van der Waals surface area contributed by atoms with E-state index in [4.69, 9.17) is 27.9 Å². The lowest BCUT2D eigenvalue weighted by atomic mass is 10.2. The van der Waals surface area contributed by atoms with Gasteiger partial charge < -0.3 is 4.74 Å². The van der Waals surface area contributed by atoms with Gasteiger partial charge in [0.1, 0.15) is 16.3 Å². The first kappa shape index (κ1) is 11.3. The number of para-hydroxylation sites is 2. The predicted octanol–water partition coefficient (Wildman–Crippen LogP) is 4.96. The first-order chi connectivity index (χ1) is 7.77. The highest BCUT2D eigenvalue weighted by atomic mass is 35.5. The van der Waals surface area contributed by atoms with Crippen LogP contribution >= 0.6 is 23.2 Å². The highest BCUT2D eigenvalue weighted by Gasteiger charge is 2.10. The van der Waals surface area contributed by atoms with Crippen LogP contribution in [-0.4, -0.2) is 0 Å². The summed E-state index contributed by atoms with van der Waals surface area (Å²) in [5, 5.41) is 0. The third-order valence-corrected chi connectivity index (χ3v) is 2.60. The fraction of sp³-hybridized carbons (Fsp3) is 0.0769. The van der Waals surface area contributed by atoms with Crippen molar-refractivity contribution in [3.63, 3.8) is 0 Å². The molecule has 0 saturated carbocycles. The maximum absolute atomic E-state index is 5.86. The Balaban J connectivity index is 2.28. The monoisotopic (exact) mass is 252 g/mol. The van der Waals surface area contributed by atoms with Gasteiger partial charge in [0.05, 0.1) is 0 Å². The van der Waals surface area contributed by atoms with Crippen molar-refractivity contribution >= 4 is 23.2 Å². The third-order valence-electron chi connectivity index (χ3n) is 2.13. The molecule has 0 aliphatic carbocycles. The first-order valence-corrected chi connectivity index (χ1v) is 5.74. The predicted molar refractivity (Wildman–Crippen MR) is 67.4 cm³/mol. The van der Waals surface area contributed by atoms with Crippen LogP contribution in [0.5, 0.6) is 11.5 Å². The SMILES string of the molecule is ClC(Cl)c1ccccc1Oc1ccccc1. The smallest absolute Gasteiger partial charge is 0.136 e. The molecule has 1 nitrogen and oxygen atoms in total. The molecule has 0 aliphatic heterocycles. The summed E-state index contributed by atoms with van der Waals surface area (Å²) in [6, 6.07) is 17.0.